The molecule has 2 heterocycles. The van der Waals surface area contributed by atoms with Gasteiger partial charge in [-0.05, 0) is 73.7 Å². The summed E-state index contributed by atoms with van der Waals surface area (Å²) in [6.45, 7) is 3.99. The van der Waals surface area contributed by atoms with Crippen molar-refractivity contribution in [1.29, 1.82) is 5.26 Å². The van der Waals surface area contributed by atoms with Gasteiger partial charge in [0.15, 0.2) is 0 Å². The molecule has 6 heteroatoms. The first-order chi connectivity index (χ1) is 16.1. The minimum Gasteiger partial charge on any atom is -0.457 e. The molecule has 0 aliphatic carbocycles. The van der Waals surface area contributed by atoms with E-state index in [9.17, 15) is 10.1 Å². The summed E-state index contributed by atoms with van der Waals surface area (Å²) in [5, 5.41) is 23.4. The zero-order valence-corrected chi connectivity index (χ0v) is 18.9. The fourth-order valence-electron chi connectivity index (χ4n) is 4.18. The van der Waals surface area contributed by atoms with E-state index in [1.54, 1.807) is 13.0 Å². The van der Waals surface area contributed by atoms with Crippen molar-refractivity contribution >= 4 is 28.4 Å². The number of nitriles is 1. The van der Waals surface area contributed by atoms with Gasteiger partial charge in [-0.3, -0.25) is 4.79 Å². The summed E-state index contributed by atoms with van der Waals surface area (Å²) < 4.78 is 5.92. The van der Waals surface area contributed by atoms with Gasteiger partial charge in [0.25, 0.3) is 5.91 Å². The molecule has 170 valence electrons. The van der Waals surface area contributed by atoms with Crippen LogP contribution >= 0.6 is 0 Å². The van der Waals surface area contributed by atoms with Gasteiger partial charge in [-0.25, -0.2) is 0 Å². The van der Waals surface area contributed by atoms with Gasteiger partial charge in [0.2, 0.25) is 0 Å². The van der Waals surface area contributed by atoms with E-state index < -0.39 is 5.91 Å². The molecule has 1 aromatic heterocycles. The molecule has 2 aromatic carbocycles. The molecule has 4 rings (SSSR count). The Morgan fingerprint density at radius 3 is 2.67 bits per heavy atom. The molecule has 33 heavy (non-hydrogen) atoms. The quantitative estimate of drug-likeness (QED) is 0.401. The monoisotopic (exact) mass is 443 g/mol. The zero-order chi connectivity index (χ0) is 23.2. The maximum atomic E-state index is 12.3. The number of fused-ring (bicyclic) bond motifs is 1. The molecule has 1 atom stereocenters. The van der Waals surface area contributed by atoms with Crippen LogP contribution in [0.15, 0.2) is 58.5 Å². The predicted octanol–water partition coefficient (Wildman–Crippen LogP) is 4.88. The second-order valence-corrected chi connectivity index (χ2v) is 8.55. The van der Waals surface area contributed by atoms with Gasteiger partial charge in [-0.1, -0.05) is 18.2 Å². The lowest BCUT2D eigenvalue weighted by Crippen LogP contribution is -2.33. The average molecular weight is 444 g/mol. The summed E-state index contributed by atoms with van der Waals surface area (Å²) in [5.74, 6) is 0.633. The SMILES string of the molecule is CC(CCO)NC(=O)/C(C#N)=C/c1ccc(-c2ccc3cc(N4CCCCC4)ccc3c2)o1. The number of anilines is 1. The highest BCUT2D eigenvalue weighted by molar-refractivity contribution is 6.01. The van der Waals surface area contributed by atoms with E-state index in [2.05, 4.69) is 40.5 Å². The molecule has 0 spiro atoms. The molecular weight excluding hydrogens is 414 g/mol. The number of furan rings is 1. The highest BCUT2D eigenvalue weighted by atomic mass is 16.3. The van der Waals surface area contributed by atoms with Crippen molar-refractivity contribution in [3.63, 3.8) is 0 Å². The molecule has 1 saturated heterocycles. The highest BCUT2D eigenvalue weighted by Crippen LogP contribution is 2.30. The largest absolute Gasteiger partial charge is 0.457 e. The fourth-order valence-corrected chi connectivity index (χ4v) is 4.18. The van der Waals surface area contributed by atoms with E-state index in [4.69, 9.17) is 9.52 Å². The molecule has 1 fully saturated rings. The Balaban J connectivity index is 1.52. The summed E-state index contributed by atoms with van der Waals surface area (Å²) in [7, 11) is 0. The van der Waals surface area contributed by atoms with Gasteiger partial charge in [0, 0.05) is 43.1 Å². The number of nitrogens with one attached hydrogen (secondary N) is 1. The Bertz CT molecular complexity index is 1200. The van der Waals surface area contributed by atoms with Crippen LogP contribution in [0.4, 0.5) is 5.69 Å². The number of benzene rings is 2. The zero-order valence-electron chi connectivity index (χ0n) is 18.9. The molecule has 1 unspecified atom stereocenters. The second kappa shape index (κ2) is 10.4. The number of rotatable bonds is 7. The smallest absolute Gasteiger partial charge is 0.262 e. The second-order valence-electron chi connectivity index (χ2n) is 8.55. The summed E-state index contributed by atoms with van der Waals surface area (Å²) in [6.07, 6.45) is 5.69. The third-order valence-corrected chi connectivity index (χ3v) is 6.05. The first kappa shape index (κ1) is 22.6. The molecule has 0 saturated carbocycles. The normalized spacial score (nSPS) is 15.3. The molecule has 1 amide bonds. The molecular formula is C27H29N3O3. The molecule has 0 radical (unpaired) electrons. The molecule has 1 aliphatic heterocycles. The van der Waals surface area contributed by atoms with E-state index in [1.807, 2.05) is 18.2 Å². The van der Waals surface area contributed by atoms with Crippen molar-refractivity contribution in [3.8, 4) is 17.4 Å². The van der Waals surface area contributed by atoms with E-state index in [-0.39, 0.29) is 18.2 Å². The predicted molar refractivity (Wildman–Crippen MR) is 131 cm³/mol. The van der Waals surface area contributed by atoms with Crippen LogP contribution in [0.5, 0.6) is 0 Å². The summed E-state index contributed by atoms with van der Waals surface area (Å²) in [4.78, 5) is 14.8. The van der Waals surface area contributed by atoms with E-state index in [0.29, 0.717) is 17.9 Å². The number of carbonyl (C=O) groups excluding carboxylic acids is 1. The van der Waals surface area contributed by atoms with Gasteiger partial charge in [0.1, 0.15) is 23.2 Å². The Morgan fingerprint density at radius 1 is 1.15 bits per heavy atom. The molecule has 0 bridgehead atoms. The maximum absolute atomic E-state index is 12.3. The minimum atomic E-state index is -0.480. The average Bonchev–Trinajstić information content (AvgIpc) is 3.31. The maximum Gasteiger partial charge on any atom is 0.262 e. The Labute approximate surface area is 194 Å². The van der Waals surface area contributed by atoms with Crippen LogP contribution in [-0.4, -0.2) is 36.8 Å². The Morgan fingerprint density at radius 2 is 1.91 bits per heavy atom. The van der Waals surface area contributed by atoms with Crippen molar-refractivity contribution < 1.29 is 14.3 Å². The number of aliphatic hydroxyl groups is 1. The summed E-state index contributed by atoms with van der Waals surface area (Å²) in [6, 6.07) is 18.1. The van der Waals surface area contributed by atoms with Crippen LogP contribution in [0.1, 0.15) is 38.4 Å². The number of hydrogen-bond donors (Lipinski definition) is 2. The first-order valence-electron chi connectivity index (χ1n) is 11.5. The standard InChI is InChI=1S/C27H29N3O3/c1-19(11-14-31)29-27(32)23(18-28)17-25-9-10-26(33-25)22-6-5-21-16-24(8-7-20(21)15-22)30-12-3-2-4-13-30/h5-10,15-17,19,31H,2-4,11-14H2,1H3,(H,29,32)/b23-17+. The minimum absolute atomic E-state index is 0.0279. The van der Waals surface area contributed by atoms with Crippen LogP contribution in [0.2, 0.25) is 0 Å². The van der Waals surface area contributed by atoms with Gasteiger partial charge in [0.05, 0.1) is 0 Å². The fraction of sp³-hybridized carbons (Fsp3) is 0.333. The van der Waals surface area contributed by atoms with Crippen LogP contribution < -0.4 is 10.2 Å². The van der Waals surface area contributed by atoms with Gasteiger partial charge >= 0.3 is 0 Å². The van der Waals surface area contributed by atoms with E-state index in [1.165, 1.54) is 36.4 Å². The summed E-state index contributed by atoms with van der Waals surface area (Å²) >= 11 is 0. The van der Waals surface area contributed by atoms with Crippen molar-refractivity contribution in [2.75, 3.05) is 24.6 Å². The van der Waals surface area contributed by atoms with Crippen LogP contribution in [0.25, 0.3) is 28.2 Å². The van der Waals surface area contributed by atoms with E-state index >= 15 is 0 Å². The lowest BCUT2D eigenvalue weighted by molar-refractivity contribution is -0.117. The highest BCUT2D eigenvalue weighted by Gasteiger charge is 2.14. The molecule has 2 N–H and O–H groups in total. The lowest BCUT2D eigenvalue weighted by Gasteiger charge is -2.29. The number of carbonyl (C=O) groups is 1. The topological polar surface area (TPSA) is 89.5 Å². The lowest BCUT2D eigenvalue weighted by atomic mass is 10.0. The van der Waals surface area contributed by atoms with E-state index in [0.717, 1.165) is 24.0 Å². The van der Waals surface area contributed by atoms with Gasteiger partial charge in [-0.2, -0.15) is 5.26 Å². The third-order valence-electron chi connectivity index (χ3n) is 6.05. The number of aliphatic hydroxyl groups excluding tert-OH is 1. The van der Waals surface area contributed by atoms with Crippen LogP contribution in [0, 0.1) is 11.3 Å². The summed E-state index contributed by atoms with van der Waals surface area (Å²) in [5.41, 5.74) is 2.17. The number of piperidine rings is 1. The number of nitrogens with zero attached hydrogens (tertiary/aromatic N) is 2. The third kappa shape index (κ3) is 5.44. The Hall–Kier alpha value is -3.56. The first-order valence-corrected chi connectivity index (χ1v) is 11.5. The number of hydrogen-bond acceptors (Lipinski definition) is 5. The molecule has 6 nitrogen and oxygen atoms in total. The Kier molecular flexibility index (Phi) is 7.11. The van der Waals surface area contributed by atoms with Crippen molar-refractivity contribution in [1.82, 2.24) is 5.32 Å². The van der Waals surface area contributed by atoms with Crippen molar-refractivity contribution in [3.05, 3.63) is 59.9 Å². The molecule has 3 aromatic rings. The van der Waals surface area contributed by atoms with Crippen LogP contribution in [0.3, 0.4) is 0 Å². The van der Waals surface area contributed by atoms with Crippen LogP contribution in [-0.2, 0) is 4.79 Å². The van der Waals surface area contributed by atoms with Crippen molar-refractivity contribution in [2.45, 2.75) is 38.6 Å². The van der Waals surface area contributed by atoms with Crippen molar-refractivity contribution in [2.24, 2.45) is 0 Å². The number of amides is 1. The van der Waals surface area contributed by atoms with Gasteiger partial charge in [-0.15, -0.1) is 0 Å². The van der Waals surface area contributed by atoms with Gasteiger partial charge < -0.3 is 19.7 Å². The molecule has 1 aliphatic rings.